The minimum atomic E-state index is 0.0295. The largest absolute Gasteiger partial charge is 0.335 e. The quantitative estimate of drug-likeness (QED) is 0.849. The molecule has 0 aromatic heterocycles. The highest BCUT2D eigenvalue weighted by Crippen LogP contribution is 2.25. The average Bonchev–Trinajstić information content (AvgIpc) is 3.14. The molecule has 2 aliphatic heterocycles. The fourth-order valence-corrected chi connectivity index (χ4v) is 3.68. The average molecular weight is 346 g/mol. The Kier molecular flexibility index (Phi) is 4.57. The van der Waals surface area contributed by atoms with E-state index in [9.17, 15) is 9.59 Å². The molecule has 1 saturated heterocycles. The van der Waals surface area contributed by atoms with Crippen LogP contribution in [0.1, 0.15) is 35.2 Å². The van der Waals surface area contributed by atoms with E-state index in [1.54, 1.807) is 4.90 Å². The summed E-state index contributed by atoms with van der Waals surface area (Å²) in [6.45, 7) is 2.08. The smallest absolute Gasteiger partial charge is 0.254 e. The van der Waals surface area contributed by atoms with E-state index in [4.69, 9.17) is 0 Å². The van der Waals surface area contributed by atoms with Crippen molar-refractivity contribution >= 4 is 23.1 Å². The van der Waals surface area contributed by atoms with Crippen molar-refractivity contribution in [2.24, 2.45) is 0 Å². The summed E-state index contributed by atoms with van der Waals surface area (Å²) in [6, 6.07) is 17.8. The van der Waals surface area contributed by atoms with Crippen LogP contribution in [0.3, 0.4) is 0 Å². The number of rotatable bonds is 3. The highest BCUT2D eigenvalue weighted by molar-refractivity contribution is 5.99. The summed E-state index contributed by atoms with van der Waals surface area (Å²) in [7, 11) is 0. The molecule has 0 saturated carbocycles. The first-order chi connectivity index (χ1) is 12.7. The van der Waals surface area contributed by atoms with Gasteiger partial charge in [0, 0.05) is 37.3 Å². The molecule has 2 aromatic rings. The summed E-state index contributed by atoms with van der Waals surface area (Å²) in [5.41, 5.74) is 4.01. The van der Waals surface area contributed by atoms with Crippen molar-refractivity contribution in [2.75, 3.05) is 24.5 Å². The molecule has 0 unspecified atom stereocenters. The van der Waals surface area contributed by atoms with Crippen LogP contribution in [0.25, 0.3) is 5.57 Å². The van der Waals surface area contributed by atoms with Gasteiger partial charge in [-0.3, -0.25) is 9.59 Å². The van der Waals surface area contributed by atoms with Crippen LogP contribution in [-0.2, 0) is 4.79 Å². The molecule has 0 spiro atoms. The summed E-state index contributed by atoms with van der Waals surface area (Å²) in [4.78, 5) is 28.5. The fraction of sp³-hybridized carbons (Fsp3) is 0.273. The lowest BCUT2D eigenvalue weighted by molar-refractivity contribution is -0.117. The Hall–Kier alpha value is -2.88. The Bertz CT molecular complexity index is 857. The van der Waals surface area contributed by atoms with Gasteiger partial charge in [-0.15, -0.1) is 0 Å². The van der Waals surface area contributed by atoms with Crippen LogP contribution in [0.2, 0.25) is 0 Å². The number of nitrogens with zero attached hydrogens (tertiary/aromatic N) is 2. The van der Waals surface area contributed by atoms with Crippen LogP contribution in [0, 0.1) is 0 Å². The van der Waals surface area contributed by atoms with Crippen LogP contribution in [-0.4, -0.2) is 36.3 Å². The van der Waals surface area contributed by atoms with Gasteiger partial charge >= 0.3 is 0 Å². The van der Waals surface area contributed by atoms with Gasteiger partial charge in [0.2, 0.25) is 5.91 Å². The number of anilines is 1. The predicted molar refractivity (Wildman–Crippen MR) is 103 cm³/mol. The van der Waals surface area contributed by atoms with E-state index in [0.717, 1.165) is 25.1 Å². The summed E-state index contributed by atoms with van der Waals surface area (Å²) >= 11 is 0. The number of hydrogen-bond acceptors (Lipinski definition) is 2. The lowest BCUT2D eigenvalue weighted by atomic mass is 9.99. The molecule has 0 N–H and O–H groups in total. The van der Waals surface area contributed by atoms with E-state index in [0.29, 0.717) is 25.1 Å². The highest BCUT2D eigenvalue weighted by Gasteiger charge is 2.24. The topological polar surface area (TPSA) is 40.6 Å². The summed E-state index contributed by atoms with van der Waals surface area (Å²) in [5.74, 6) is 0.171. The third-order valence-corrected chi connectivity index (χ3v) is 5.12. The molecule has 4 heteroatoms. The van der Waals surface area contributed by atoms with Gasteiger partial charge < -0.3 is 9.80 Å². The van der Waals surface area contributed by atoms with Crippen LogP contribution in [0.5, 0.6) is 0 Å². The van der Waals surface area contributed by atoms with Crippen LogP contribution < -0.4 is 4.90 Å². The summed E-state index contributed by atoms with van der Waals surface area (Å²) in [5, 5.41) is 0. The van der Waals surface area contributed by atoms with Gasteiger partial charge in [-0.1, -0.05) is 42.5 Å². The number of benzene rings is 2. The van der Waals surface area contributed by atoms with Gasteiger partial charge in [-0.25, -0.2) is 0 Å². The van der Waals surface area contributed by atoms with E-state index in [1.807, 2.05) is 47.4 Å². The van der Waals surface area contributed by atoms with Crippen molar-refractivity contribution in [2.45, 2.75) is 19.3 Å². The molecule has 0 atom stereocenters. The van der Waals surface area contributed by atoms with Crippen molar-refractivity contribution in [3.05, 3.63) is 71.8 Å². The molecule has 2 amide bonds. The molecule has 0 aliphatic carbocycles. The van der Waals surface area contributed by atoms with Crippen molar-refractivity contribution in [1.82, 2.24) is 4.90 Å². The van der Waals surface area contributed by atoms with Crippen LogP contribution >= 0.6 is 0 Å². The Morgan fingerprint density at radius 2 is 1.77 bits per heavy atom. The van der Waals surface area contributed by atoms with Gasteiger partial charge in [0.25, 0.3) is 5.91 Å². The van der Waals surface area contributed by atoms with Gasteiger partial charge in [0.15, 0.2) is 0 Å². The first-order valence-corrected chi connectivity index (χ1v) is 9.16. The first kappa shape index (κ1) is 16.6. The summed E-state index contributed by atoms with van der Waals surface area (Å²) < 4.78 is 0. The minimum Gasteiger partial charge on any atom is -0.335 e. The second kappa shape index (κ2) is 7.16. The lowest BCUT2D eigenvalue weighted by Gasteiger charge is -2.27. The zero-order valence-corrected chi connectivity index (χ0v) is 14.7. The molecular formula is C22H22N2O2. The number of amides is 2. The van der Waals surface area contributed by atoms with Gasteiger partial charge in [-0.2, -0.15) is 0 Å². The fourth-order valence-electron chi connectivity index (χ4n) is 3.68. The maximum absolute atomic E-state index is 12.9. The molecular weight excluding hydrogens is 324 g/mol. The predicted octanol–water partition coefficient (Wildman–Crippen LogP) is 3.74. The maximum atomic E-state index is 12.9. The number of hydrogen-bond donors (Lipinski definition) is 0. The molecule has 4 rings (SSSR count). The molecule has 132 valence electrons. The van der Waals surface area contributed by atoms with E-state index in [-0.39, 0.29) is 11.8 Å². The third-order valence-electron chi connectivity index (χ3n) is 5.12. The highest BCUT2D eigenvalue weighted by atomic mass is 16.2. The lowest BCUT2D eigenvalue weighted by Crippen LogP contribution is -2.34. The maximum Gasteiger partial charge on any atom is 0.254 e. The molecule has 1 fully saturated rings. The van der Waals surface area contributed by atoms with Crippen molar-refractivity contribution in [1.29, 1.82) is 0 Å². The van der Waals surface area contributed by atoms with Crippen molar-refractivity contribution in [3.63, 3.8) is 0 Å². The standard InChI is InChI=1S/C22H22N2O2/c25-21-10-5-13-24(21)20-9-4-8-19(16-20)22(26)23-14-11-18(12-15-23)17-6-2-1-3-7-17/h1-4,6-9,11,16H,5,10,12-15H2. The molecule has 0 bridgehead atoms. The second-order valence-corrected chi connectivity index (χ2v) is 6.80. The molecule has 0 radical (unpaired) electrons. The Labute approximate surface area is 153 Å². The zero-order chi connectivity index (χ0) is 17.9. The van der Waals surface area contributed by atoms with Crippen molar-refractivity contribution < 1.29 is 9.59 Å². The van der Waals surface area contributed by atoms with E-state index < -0.39 is 0 Å². The zero-order valence-electron chi connectivity index (χ0n) is 14.7. The Morgan fingerprint density at radius 3 is 2.46 bits per heavy atom. The van der Waals surface area contributed by atoms with Crippen LogP contribution in [0.15, 0.2) is 60.7 Å². The van der Waals surface area contributed by atoms with E-state index in [1.165, 1.54) is 11.1 Å². The SMILES string of the molecule is O=C(c1cccc(N2CCCC2=O)c1)N1CC=C(c2ccccc2)CC1. The number of carbonyl (C=O) groups excluding carboxylic acids is 2. The molecule has 2 aromatic carbocycles. The summed E-state index contributed by atoms with van der Waals surface area (Å²) in [6.07, 6.45) is 4.48. The van der Waals surface area contributed by atoms with E-state index in [2.05, 4.69) is 18.2 Å². The Morgan fingerprint density at radius 1 is 0.923 bits per heavy atom. The van der Waals surface area contributed by atoms with Gasteiger partial charge in [0.05, 0.1) is 0 Å². The van der Waals surface area contributed by atoms with E-state index >= 15 is 0 Å². The monoisotopic (exact) mass is 346 g/mol. The molecule has 4 nitrogen and oxygen atoms in total. The molecule has 2 aliphatic rings. The normalized spacial score (nSPS) is 17.4. The van der Waals surface area contributed by atoms with Crippen molar-refractivity contribution in [3.8, 4) is 0 Å². The van der Waals surface area contributed by atoms with Gasteiger partial charge in [0.1, 0.15) is 0 Å². The number of carbonyl (C=O) groups is 2. The minimum absolute atomic E-state index is 0.0295. The molecule has 26 heavy (non-hydrogen) atoms. The Balaban J connectivity index is 1.49. The third kappa shape index (κ3) is 3.27. The van der Waals surface area contributed by atoms with Crippen LogP contribution in [0.4, 0.5) is 5.69 Å². The molecule has 2 heterocycles. The first-order valence-electron chi connectivity index (χ1n) is 9.16. The second-order valence-electron chi connectivity index (χ2n) is 6.80. The van der Waals surface area contributed by atoms with Gasteiger partial charge in [-0.05, 0) is 42.2 Å².